The Morgan fingerprint density at radius 2 is 1.70 bits per heavy atom. The molecule has 27 heavy (non-hydrogen) atoms. The fourth-order valence-corrected chi connectivity index (χ4v) is 4.53. The molecule has 0 N–H and O–H groups in total. The van der Waals surface area contributed by atoms with Gasteiger partial charge in [-0.2, -0.15) is 0 Å². The zero-order valence-electron chi connectivity index (χ0n) is 15.0. The summed E-state index contributed by atoms with van der Waals surface area (Å²) in [6.45, 7) is 3.56. The minimum absolute atomic E-state index is 0.156. The second kappa shape index (κ2) is 7.44. The second-order valence-corrected chi connectivity index (χ2v) is 8.34. The smallest absolute Gasteiger partial charge is 0.229 e. The Balaban J connectivity index is 2.17. The van der Waals surface area contributed by atoms with Gasteiger partial charge in [0.05, 0.1) is 5.75 Å². The molecule has 0 spiro atoms. The highest BCUT2D eigenvalue weighted by Crippen LogP contribution is 2.29. The van der Waals surface area contributed by atoms with Gasteiger partial charge in [-0.3, -0.25) is 4.79 Å². The highest BCUT2D eigenvalue weighted by molar-refractivity contribution is 7.90. The molecule has 0 radical (unpaired) electrons. The number of carbonyl (C=O) groups excluding carboxylic acids is 1. The van der Waals surface area contributed by atoms with Gasteiger partial charge in [-0.05, 0) is 43.7 Å². The lowest BCUT2D eigenvalue weighted by Gasteiger charge is -2.13. The van der Waals surface area contributed by atoms with Gasteiger partial charge >= 0.3 is 0 Å². The van der Waals surface area contributed by atoms with Crippen molar-refractivity contribution in [2.75, 3.05) is 0 Å². The quantitative estimate of drug-likeness (QED) is 0.599. The number of benzene rings is 2. The van der Waals surface area contributed by atoms with Crippen LogP contribution in [0.15, 0.2) is 59.8 Å². The Morgan fingerprint density at radius 3 is 2.26 bits per heavy atom. The number of carbonyl (C=O) groups is 1. The van der Waals surface area contributed by atoms with E-state index in [4.69, 9.17) is 0 Å². The lowest BCUT2D eigenvalue weighted by Crippen LogP contribution is -2.16. The van der Waals surface area contributed by atoms with Crippen molar-refractivity contribution in [2.45, 2.75) is 30.8 Å². The van der Waals surface area contributed by atoms with Crippen LogP contribution in [-0.4, -0.2) is 24.3 Å². The van der Waals surface area contributed by atoms with E-state index in [9.17, 15) is 17.6 Å². The molecule has 1 aromatic heterocycles. The van der Waals surface area contributed by atoms with Gasteiger partial charge in [0.1, 0.15) is 17.2 Å². The Bertz CT molecular complexity index is 1060. The van der Waals surface area contributed by atoms with Gasteiger partial charge in [0.25, 0.3) is 0 Å². The molecule has 140 valence electrons. The Labute approximate surface area is 157 Å². The third-order valence-corrected chi connectivity index (χ3v) is 5.70. The van der Waals surface area contributed by atoms with Crippen LogP contribution in [0.5, 0.6) is 0 Å². The third kappa shape index (κ3) is 3.83. The Morgan fingerprint density at radius 1 is 1.07 bits per heavy atom. The average Bonchev–Trinajstić information content (AvgIpc) is 3.03. The number of rotatable bonds is 6. The van der Waals surface area contributed by atoms with E-state index >= 15 is 0 Å². The molecule has 0 unspecified atom stereocenters. The molecule has 5 nitrogen and oxygen atoms in total. The second-order valence-electron chi connectivity index (χ2n) is 6.46. The third-order valence-electron chi connectivity index (χ3n) is 4.14. The number of aromatic nitrogens is 2. The average molecular weight is 386 g/mol. The predicted molar refractivity (Wildman–Crippen MR) is 101 cm³/mol. The first-order valence-corrected chi connectivity index (χ1v) is 10.1. The molecule has 0 saturated heterocycles. The Kier molecular flexibility index (Phi) is 5.23. The van der Waals surface area contributed by atoms with Gasteiger partial charge in [0.15, 0.2) is 6.29 Å². The number of hydrogen-bond donors (Lipinski definition) is 0. The normalized spacial score (nSPS) is 11.7. The first kappa shape index (κ1) is 19.0. The van der Waals surface area contributed by atoms with E-state index in [1.165, 1.54) is 28.8 Å². The first-order chi connectivity index (χ1) is 12.8. The molecule has 0 fully saturated rings. The van der Waals surface area contributed by atoms with Crippen molar-refractivity contribution < 1.29 is 17.6 Å². The van der Waals surface area contributed by atoms with E-state index in [1.54, 1.807) is 38.1 Å². The summed E-state index contributed by atoms with van der Waals surface area (Å²) in [5.74, 6) is -0.648. The fraction of sp³-hybridized carbons (Fsp3) is 0.200. The molecule has 0 bridgehead atoms. The summed E-state index contributed by atoms with van der Waals surface area (Å²) >= 11 is 0. The number of nitrogens with zero attached hydrogens (tertiary/aromatic N) is 2. The molecule has 1 heterocycles. The Hall–Kier alpha value is -2.80. The molecule has 0 saturated carbocycles. The standard InChI is InChI=1S/C20H19FN2O3S/c1-14(2)23-18(12-24)19(16-8-10-17(21)11-9-16)22-20(23)27(25,26)13-15-6-4-3-5-7-15/h3-12,14H,13H2,1-2H3. The van der Waals surface area contributed by atoms with Gasteiger partial charge in [-0.25, -0.2) is 17.8 Å². The van der Waals surface area contributed by atoms with Crippen LogP contribution >= 0.6 is 0 Å². The number of hydrogen-bond acceptors (Lipinski definition) is 4. The lowest BCUT2D eigenvalue weighted by molar-refractivity contribution is 0.111. The molecule has 0 amide bonds. The van der Waals surface area contributed by atoms with Crippen molar-refractivity contribution in [3.05, 3.63) is 71.7 Å². The van der Waals surface area contributed by atoms with Crippen LogP contribution in [-0.2, 0) is 15.6 Å². The number of aldehydes is 1. The monoisotopic (exact) mass is 386 g/mol. The van der Waals surface area contributed by atoms with Gasteiger partial charge in [-0.1, -0.05) is 30.3 Å². The molecule has 0 aliphatic heterocycles. The molecular weight excluding hydrogens is 367 g/mol. The van der Waals surface area contributed by atoms with Crippen LogP contribution in [0.1, 0.15) is 35.9 Å². The van der Waals surface area contributed by atoms with Crippen LogP contribution in [0.4, 0.5) is 4.39 Å². The zero-order chi connectivity index (χ0) is 19.6. The molecule has 7 heteroatoms. The van der Waals surface area contributed by atoms with Crippen LogP contribution < -0.4 is 0 Å². The van der Waals surface area contributed by atoms with Crippen molar-refractivity contribution in [3.8, 4) is 11.3 Å². The summed E-state index contributed by atoms with van der Waals surface area (Å²) in [5, 5.41) is -0.164. The highest BCUT2D eigenvalue weighted by Gasteiger charge is 2.28. The van der Waals surface area contributed by atoms with Crippen molar-refractivity contribution in [1.29, 1.82) is 0 Å². The zero-order valence-corrected chi connectivity index (χ0v) is 15.8. The minimum atomic E-state index is -3.80. The van der Waals surface area contributed by atoms with Crippen molar-refractivity contribution >= 4 is 16.1 Å². The molecule has 0 aliphatic rings. The van der Waals surface area contributed by atoms with Gasteiger partial charge in [0, 0.05) is 11.6 Å². The summed E-state index contributed by atoms with van der Waals surface area (Å²) in [6, 6.07) is 13.9. The summed E-state index contributed by atoms with van der Waals surface area (Å²) in [5.41, 5.74) is 1.49. The molecule has 3 rings (SSSR count). The molecule has 2 aromatic carbocycles. The maximum absolute atomic E-state index is 13.2. The summed E-state index contributed by atoms with van der Waals surface area (Å²) < 4.78 is 40.7. The summed E-state index contributed by atoms with van der Waals surface area (Å²) in [7, 11) is -3.80. The summed E-state index contributed by atoms with van der Waals surface area (Å²) in [6.07, 6.45) is 0.591. The molecule has 0 atom stereocenters. The van der Waals surface area contributed by atoms with Gasteiger partial charge in [-0.15, -0.1) is 0 Å². The number of halogens is 1. The SMILES string of the molecule is CC(C)n1c(S(=O)(=O)Cc2ccccc2)nc(-c2ccc(F)cc2)c1C=O. The number of imidazole rings is 1. The van der Waals surface area contributed by atoms with Crippen LogP contribution in [0, 0.1) is 5.82 Å². The van der Waals surface area contributed by atoms with E-state index in [2.05, 4.69) is 4.98 Å². The fourth-order valence-electron chi connectivity index (χ4n) is 2.93. The van der Waals surface area contributed by atoms with E-state index in [-0.39, 0.29) is 28.3 Å². The maximum atomic E-state index is 13.2. The van der Waals surface area contributed by atoms with E-state index in [1.807, 2.05) is 6.07 Å². The van der Waals surface area contributed by atoms with Crippen LogP contribution in [0.3, 0.4) is 0 Å². The molecule has 0 aliphatic carbocycles. The van der Waals surface area contributed by atoms with Gasteiger partial charge in [0.2, 0.25) is 15.0 Å². The van der Waals surface area contributed by atoms with Crippen molar-refractivity contribution in [1.82, 2.24) is 9.55 Å². The topological polar surface area (TPSA) is 69.0 Å². The highest BCUT2D eigenvalue weighted by atomic mass is 32.2. The predicted octanol–water partition coefficient (Wildman–Crippen LogP) is 4.06. The van der Waals surface area contributed by atoms with Crippen molar-refractivity contribution in [3.63, 3.8) is 0 Å². The largest absolute Gasteiger partial charge is 0.310 e. The van der Waals surface area contributed by atoms with E-state index in [0.29, 0.717) is 17.4 Å². The van der Waals surface area contributed by atoms with Crippen LogP contribution in [0.2, 0.25) is 0 Å². The molecular formula is C20H19FN2O3S. The van der Waals surface area contributed by atoms with E-state index in [0.717, 1.165) is 0 Å². The molecule has 3 aromatic rings. The van der Waals surface area contributed by atoms with Crippen molar-refractivity contribution in [2.24, 2.45) is 0 Å². The minimum Gasteiger partial charge on any atom is -0.310 e. The van der Waals surface area contributed by atoms with Crippen LogP contribution in [0.25, 0.3) is 11.3 Å². The van der Waals surface area contributed by atoms with E-state index < -0.39 is 15.7 Å². The number of sulfone groups is 1. The lowest BCUT2D eigenvalue weighted by atomic mass is 10.1. The van der Waals surface area contributed by atoms with Gasteiger partial charge < -0.3 is 4.57 Å². The first-order valence-electron chi connectivity index (χ1n) is 8.43. The maximum Gasteiger partial charge on any atom is 0.229 e. The summed E-state index contributed by atoms with van der Waals surface area (Å²) in [4.78, 5) is 16.1.